The smallest absolute Gasteiger partial charge is 0.336 e. The van der Waals surface area contributed by atoms with Gasteiger partial charge >= 0.3 is 6.18 Å². The molecule has 1 heterocycles. The van der Waals surface area contributed by atoms with Crippen molar-refractivity contribution in [2.75, 3.05) is 20.1 Å². The van der Waals surface area contributed by atoms with Crippen molar-refractivity contribution in [2.45, 2.75) is 19.6 Å². The summed E-state index contributed by atoms with van der Waals surface area (Å²) in [7, 11) is 1.71. The first kappa shape index (κ1) is 15.4. The highest BCUT2D eigenvalue weighted by atomic mass is 19.4. The molecule has 7 heteroatoms. The third-order valence-corrected chi connectivity index (χ3v) is 2.61. The molecule has 0 aliphatic heterocycles. The van der Waals surface area contributed by atoms with Gasteiger partial charge in [0.25, 0.3) is 0 Å². The van der Waals surface area contributed by atoms with Gasteiger partial charge in [0.1, 0.15) is 0 Å². The van der Waals surface area contributed by atoms with Crippen LogP contribution in [-0.2, 0) is 17.5 Å². The van der Waals surface area contributed by atoms with Crippen LogP contribution in [0.25, 0.3) is 0 Å². The molecule has 1 aromatic heterocycles. The topological polar surface area (TPSA) is 45.2 Å². The number of alkyl halides is 3. The Morgan fingerprint density at radius 2 is 2.16 bits per heavy atom. The average Bonchev–Trinajstić information content (AvgIpc) is 2.33. The number of likely N-dealkylation sites (N-methyl/N-ethyl adjacent to an activating group) is 1. The molecule has 1 amide bonds. The number of nitrogens with one attached hydrogen (secondary N) is 1. The largest absolute Gasteiger partial charge is 0.418 e. The van der Waals surface area contributed by atoms with E-state index in [0.29, 0.717) is 13.1 Å². The number of amides is 1. The molecule has 0 unspecified atom stereocenters. The predicted octanol–water partition coefficient (Wildman–Crippen LogP) is 1.67. The Bertz CT molecular complexity index is 434. The lowest BCUT2D eigenvalue weighted by Crippen LogP contribution is -2.35. The van der Waals surface area contributed by atoms with Crippen LogP contribution in [0, 0.1) is 0 Å². The molecule has 1 rings (SSSR count). The lowest BCUT2D eigenvalue weighted by Gasteiger charge is -2.22. The minimum absolute atomic E-state index is 0.138. The first-order valence-corrected chi connectivity index (χ1v) is 5.77. The van der Waals surface area contributed by atoms with Crippen LogP contribution in [0.15, 0.2) is 18.3 Å². The molecule has 0 radical (unpaired) electrons. The summed E-state index contributed by atoms with van der Waals surface area (Å²) in [5, 5.41) is 2.85. The zero-order valence-electron chi connectivity index (χ0n) is 10.8. The van der Waals surface area contributed by atoms with Gasteiger partial charge in [-0.15, -0.1) is 0 Å². The quantitative estimate of drug-likeness (QED) is 0.889. The van der Waals surface area contributed by atoms with E-state index in [1.54, 1.807) is 7.05 Å². The second-order valence-corrected chi connectivity index (χ2v) is 4.04. The first-order valence-electron chi connectivity index (χ1n) is 5.77. The number of nitrogens with zero attached hydrogens (tertiary/aromatic N) is 2. The molecule has 0 aromatic carbocycles. The number of pyridine rings is 1. The van der Waals surface area contributed by atoms with Gasteiger partial charge in [-0.2, -0.15) is 13.2 Å². The number of aromatic nitrogens is 1. The molecule has 0 atom stereocenters. The third kappa shape index (κ3) is 4.51. The SMILES string of the molecule is CNCCN(Cc1ncccc1C(F)(F)F)C(C)=O. The number of hydrogen-bond acceptors (Lipinski definition) is 3. The Morgan fingerprint density at radius 3 is 2.68 bits per heavy atom. The van der Waals surface area contributed by atoms with Crippen LogP contribution in [-0.4, -0.2) is 35.9 Å². The second kappa shape index (κ2) is 6.51. The summed E-state index contributed by atoms with van der Waals surface area (Å²) in [6.07, 6.45) is -3.17. The van der Waals surface area contributed by atoms with E-state index in [-0.39, 0.29) is 18.1 Å². The Kier molecular flexibility index (Phi) is 5.29. The minimum atomic E-state index is -4.46. The number of hydrogen-bond donors (Lipinski definition) is 1. The van der Waals surface area contributed by atoms with Crippen molar-refractivity contribution < 1.29 is 18.0 Å². The molecule has 0 saturated heterocycles. The van der Waals surface area contributed by atoms with Gasteiger partial charge in [0.2, 0.25) is 5.91 Å². The van der Waals surface area contributed by atoms with E-state index < -0.39 is 11.7 Å². The third-order valence-electron chi connectivity index (χ3n) is 2.61. The number of carbonyl (C=O) groups excluding carboxylic acids is 1. The maximum Gasteiger partial charge on any atom is 0.418 e. The molecule has 0 aliphatic carbocycles. The Labute approximate surface area is 109 Å². The van der Waals surface area contributed by atoms with Crippen LogP contribution in [0.3, 0.4) is 0 Å². The molecule has 106 valence electrons. The molecule has 0 aliphatic rings. The maximum absolute atomic E-state index is 12.8. The van der Waals surface area contributed by atoms with Crippen LogP contribution >= 0.6 is 0 Å². The molecule has 0 bridgehead atoms. The van der Waals surface area contributed by atoms with Crippen LogP contribution in [0.5, 0.6) is 0 Å². The molecule has 1 N–H and O–H groups in total. The summed E-state index contributed by atoms with van der Waals surface area (Å²) < 4.78 is 38.4. The van der Waals surface area contributed by atoms with E-state index in [0.717, 1.165) is 6.07 Å². The number of rotatable bonds is 5. The van der Waals surface area contributed by atoms with Crippen molar-refractivity contribution >= 4 is 5.91 Å². The molecular weight excluding hydrogens is 259 g/mol. The second-order valence-electron chi connectivity index (χ2n) is 4.04. The van der Waals surface area contributed by atoms with Gasteiger partial charge < -0.3 is 10.2 Å². The highest BCUT2D eigenvalue weighted by molar-refractivity contribution is 5.73. The van der Waals surface area contributed by atoms with Gasteiger partial charge in [0.05, 0.1) is 17.8 Å². The van der Waals surface area contributed by atoms with Crippen molar-refractivity contribution in [1.82, 2.24) is 15.2 Å². The monoisotopic (exact) mass is 275 g/mol. The van der Waals surface area contributed by atoms with E-state index >= 15 is 0 Å². The average molecular weight is 275 g/mol. The van der Waals surface area contributed by atoms with Crippen molar-refractivity contribution in [3.8, 4) is 0 Å². The fourth-order valence-electron chi connectivity index (χ4n) is 1.60. The van der Waals surface area contributed by atoms with Gasteiger partial charge in [-0.1, -0.05) is 0 Å². The van der Waals surface area contributed by atoms with Gasteiger partial charge in [0.15, 0.2) is 0 Å². The molecule has 0 fully saturated rings. The lowest BCUT2D eigenvalue weighted by molar-refractivity contribution is -0.140. The van der Waals surface area contributed by atoms with Crippen LogP contribution in [0.4, 0.5) is 13.2 Å². The van der Waals surface area contributed by atoms with E-state index in [9.17, 15) is 18.0 Å². The van der Waals surface area contributed by atoms with E-state index in [1.807, 2.05) is 0 Å². The highest BCUT2D eigenvalue weighted by Crippen LogP contribution is 2.31. The maximum atomic E-state index is 12.8. The van der Waals surface area contributed by atoms with E-state index in [1.165, 1.54) is 24.1 Å². The normalized spacial score (nSPS) is 11.4. The fourth-order valence-corrected chi connectivity index (χ4v) is 1.60. The van der Waals surface area contributed by atoms with Crippen LogP contribution in [0.2, 0.25) is 0 Å². The highest BCUT2D eigenvalue weighted by Gasteiger charge is 2.34. The van der Waals surface area contributed by atoms with Crippen molar-refractivity contribution in [3.63, 3.8) is 0 Å². The van der Waals surface area contributed by atoms with Crippen LogP contribution in [0.1, 0.15) is 18.2 Å². The first-order chi connectivity index (χ1) is 8.86. The molecule has 1 aromatic rings. The minimum Gasteiger partial charge on any atom is -0.336 e. The number of carbonyl (C=O) groups is 1. The van der Waals surface area contributed by atoms with Gasteiger partial charge in [-0.25, -0.2) is 0 Å². The molecule has 0 saturated carbocycles. The van der Waals surface area contributed by atoms with Crippen molar-refractivity contribution in [1.29, 1.82) is 0 Å². The predicted molar refractivity (Wildman–Crippen MR) is 64.3 cm³/mol. The van der Waals surface area contributed by atoms with Gasteiger partial charge in [0, 0.05) is 26.2 Å². The summed E-state index contributed by atoms with van der Waals surface area (Å²) in [6, 6.07) is 2.21. The zero-order chi connectivity index (χ0) is 14.5. The van der Waals surface area contributed by atoms with Gasteiger partial charge in [-0.05, 0) is 19.2 Å². The summed E-state index contributed by atoms with van der Waals surface area (Å²) in [4.78, 5) is 16.5. The Balaban J connectivity index is 2.93. The summed E-state index contributed by atoms with van der Waals surface area (Å²) >= 11 is 0. The summed E-state index contributed by atoms with van der Waals surface area (Å²) in [5.74, 6) is -0.283. The standard InChI is InChI=1S/C12H16F3N3O/c1-9(19)18(7-6-16-2)8-11-10(12(13,14)15)4-3-5-17-11/h3-5,16H,6-8H2,1-2H3. The van der Waals surface area contributed by atoms with E-state index in [2.05, 4.69) is 10.3 Å². The molecular formula is C12H16F3N3O. The van der Waals surface area contributed by atoms with Gasteiger partial charge in [-0.3, -0.25) is 9.78 Å². The molecule has 4 nitrogen and oxygen atoms in total. The number of halogens is 3. The zero-order valence-corrected chi connectivity index (χ0v) is 10.8. The van der Waals surface area contributed by atoms with Crippen molar-refractivity contribution in [3.05, 3.63) is 29.6 Å². The van der Waals surface area contributed by atoms with Crippen molar-refractivity contribution in [2.24, 2.45) is 0 Å². The lowest BCUT2D eigenvalue weighted by atomic mass is 10.1. The van der Waals surface area contributed by atoms with Crippen LogP contribution < -0.4 is 5.32 Å². The Morgan fingerprint density at radius 1 is 1.47 bits per heavy atom. The Hall–Kier alpha value is -1.63. The summed E-state index contributed by atoms with van der Waals surface area (Å²) in [6.45, 7) is 2.02. The molecule has 19 heavy (non-hydrogen) atoms. The van der Waals surface area contributed by atoms with E-state index in [4.69, 9.17) is 0 Å². The summed E-state index contributed by atoms with van der Waals surface area (Å²) in [5.41, 5.74) is -0.938. The molecule has 0 spiro atoms. The fraction of sp³-hybridized carbons (Fsp3) is 0.500.